The van der Waals surface area contributed by atoms with Gasteiger partial charge in [0.25, 0.3) is 11.7 Å². The summed E-state index contributed by atoms with van der Waals surface area (Å²) in [6.45, 7) is 12.8. The van der Waals surface area contributed by atoms with Crippen LogP contribution in [0, 0.1) is 35.5 Å². The number of rotatable bonds is 8. The molecule has 2 bridgehead atoms. The molecule has 1 saturated carbocycles. The number of aliphatic hydroxyl groups is 3. The Bertz CT molecular complexity index is 2180. The molecule has 1 amide bonds. The van der Waals surface area contributed by atoms with Gasteiger partial charge in [-0.25, -0.2) is 4.79 Å². The minimum absolute atomic E-state index is 0.0135. The van der Waals surface area contributed by atoms with Crippen molar-refractivity contribution in [3.63, 3.8) is 0 Å². The molecule has 15 heteroatoms. The number of esters is 1. The lowest BCUT2D eigenvalue weighted by molar-refractivity contribution is -0.264. The predicted octanol–water partition coefficient (Wildman–Crippen LogP) is 7.97. The van der Waals surface area contributed by atoms with Crippen LogP contribution < -0.4 is 9.47 Å². The summed E-state index contributed by atoms with van der Waals surface area (Å²) >= 11 is 0. The van der Waals surface area contributed by atoms with Crippen LogP contribution in [0.2, 0.25) is 0 Å². The zero-order valence-corrected chi connectivity index (χ0v) is 45.3. The van der Waals surface area contributed by atoms with E-state index in [4.69, 9.17) is 28.4 Å². The summed E-state index contributed by atoms with van der Waals surface area (Å²) in [4.78, 5) is 72.9. The van der Waals surface area contributed by atoms with Crippen molar-refractivity contribution in [2.75, 3.05) is 35.0 Å². The normalized spacial score (nSPS) is 37.2. The van der Waals surface area contributed by atoms with E-state index in [-0.39, 0.29) is 60.7 Å². The molecular weight excluding hydrogens is 935 g/mol. The van der Waals surface area contributed by atoms with Crippen LogP contribution in [-0.2, 0) is 42.9 Å². The van der Waals surface area contributed by atoms with E-state index in [1.807, 2.05) is 70.2 Å². The molecule has 3 aliphatic heterocycles. The van der Waals surface area contributed by atoms with Gasteiger partial charge in [-0.15, -0.1) is 0 Å². The standard InChI is InChI=1S/C58H85NO14/c1-34-17-13-12-14-18-35(2)45(44-24-23-42(68-8)32-50(44)69-9)31-43-22-20-40(7)58(67,73-43)55(64)56(65)59-26-16-15-19-46(59)57(66)72-49(37(4)29-41-21-25-47(60)51(30-41)70-10)33-48(61)36(3)28-39(6)53(63)54(71-11)52(62)38(5)27-34/h12-14,17-18,23-24,28,32,34,36-38,40-41,43,45-47,49,51,53-54,60,63,67H,15-16,19-22,25-27,29-31,33H2,1-11H3/b14-12+,17-13-,35-18+,39-28+/t34-,36-,37-,38-,40-,41+,43+,45+,46+,47-,49+,51-,53-,54+,58-/m1/s1. The molecule has 0 radical (unpaired) electrons. The van der Waals surface area contributed by atoms with Crippen molar-refractivity contribution >= 4 is 29.2 Å². The third-order valence-electron chi connectivity index (χ3n) is 16.1. The number of Topliss-reactive ketones (excluding diaryl/α,β-unsaturated/α-hetero) is 3. The number of carbonyl (C=O) groups excluding carboxylic acids is 5. The number of fused-ring (bicyclic) bond motifs is 3. The summed E-state index contributed by atoms with van der Waals surface area (Å²) in [5.41, 5.74) is 2.14. The van der Waals surface area contributed by atoms with Gasteiger partial charge in [-0.2, -0.15) is 0 Å². The molecule has 0 unspecified atom stereocenters. The summed E-state index contributed by atoms with van der Waals surface area (Å²) in [7, 11) is 6.10. The van der Waals surface area contributed by atoms with Crippen molar-refractivity contribution in [3.05, 3.63) is 71.4 Å². The number of benzene rings is 1. The molecular formula is C58H85NO14. The molecule has 3 fully saturated rings. The highest BCUT2D eigenvalue weighted by atomic mass is 16.6. The number of ketones is 3. The highest BCUT2D eigenvalue weighted by Crippen LogP contribution is 2.43. The van der Waals surface area contributed by atoms with E-state index in [2.05, 4.69) is 0 Å². The van der Waals surface area contributed by atoms with Crippen molar-refractivity contribution < 1.29 is 67.7 Å². The number of ether oxygens (including phenoxy) is 6. The predicted molar refractivity (Wildman–Crippen MR) is 277 cm³/mol. The highest BCUT2D eigenvalue weighted by Gasteiger charge is 2.53. The van der Waals surface area contributed by atoms with Gasteiger partial charge in [0, 0.05) is 62.5 Å². The first-order valence-electron chi connectivity index (χ1n) is 26.5. The number of carbonyl (C=O) groups is 5. The third kappa shape index (κ3) is 15.1. The van der Waals surface area contributed by atoms with Crippen LogP contribution in [0.3, 0.4) is 0 Å². The van der Waals surface area contributed by atoms with Gasteiger partial charge in [0.15, 0.2) is 5.78 Å². The second-order valence-corrected chi connectivity index (χ2v) is 21.5. The maximum Gasteiger partial charge on any atom is 0.329 e. The zero-order chi connectivity index (χ0) is 53.7. The van der Waals surface area contributed by atoms with Gasteiger partial charge >= 0.3 is 5.97 Å². The molecule has 15 atom stereocenters. The molecule has 4 aliphatic rings. The van der Waals surface area contributed by atoms with Gasteiger partial charge in [-0.3, -0.25) is 19.2 Å². The van der Waals surface area contributed by atoms with Gasteiger partial charge in [-0.1, -0.05) is 82.7 Å². The Morgan fingerprint density at radius 1 is 0.836 bits per heavy atom. The number of methoxy groups -OCH3 is 4. The van der Waals surface area contributed by atoms with Crippen LogP contribution in [-0.4, -0.2) is 133 Å². The Morgan fingerprint density at radius 3 is 2.26 bits per heavy atom. The number of nitrogens with zero attached hydrogens (tertiary/aromatic N) is 1. The number of hydrogen-bond donors (Lipinski definition) is 3. The van der Waals surface area contributed by atoms with Crippen molar-refractivity contribution in [1.29, 1.82) is 0 Å². The van der Waals surface area contributed by atoms with Crippen LogP contribution >= 0.6 is 0 Å². The van der Waals surface area contributed by atoms with E-state index in [9.17, 15) is 39.3 Å². The molecule has 0 aromatic heterocycles. The van der Waals surface area contributed by atoms with E-state index in [0.29, 0.717) is 81.3 Å². The lowest BCUT2D eigenvalue weighted by Gasteiger charge is -2.43. The van der Waals surface area contributed by atoms with Gasteiger partial charge in [0.1, 0.15) is 41.6 Å². The maximum atomic E-state index is 14.6. The van der Waals surface area contributed by atoms with Crippen molar-refractivity contribution in [2.24, 2.45) is 35.5 Å². The van der Waals surface area contributed by atoms with Gasteiger partial charge in [0.05, 0.1) is 32.5 Å². The lowest BCUT2D eigenvalue weighted by atomic mass is 9.78. The highest BCUT2D eigenvalue weighted by molar-refractivity contribution is 6.39. The largest absolute Gasteiger partial charge is 0.497 e. The monoisotopic (exact) mass is 1020 g/mol. The summed E-state index contributed by atoms with van der Waals surface area (Å²) < 4.78 is 35.3. The zero-order valence-electron chi connectivity index (χ0n) is 45.3. The van der Waals surface area contributed by atoms with E-state index < -0.39 is 77.8 Å². The molecule has 406 valence electrons. The van der Waals surface area contributed by atoms with Crippen LogP contribution in [0.15, 0.2) is 65.8 Å². The molecule has 1 aliphatic carbocycles. The van der Waals surface area contributed by atoms with Crippen molar-refractivity contribution in [3.8, 4) is 11.5 Å². The molecule has 5 rings (SSSR count). The molecule has 0 spiro atoms. The first kappa shape index (κ1) is 59.4. The smallest absolute Gasteiger partial charge is 0.329 e. The van der Waals surface area contributed by atoms with Crippen LogP contribution in [0.5, 0.6) is 11.5 Å². The van der Waals surface area contributed by atoms with Gasteiger partial charge in [-0.05, 0) is 114 Å². The van der Waals surface area contributed by atoms with E-state index in [0.717, 1.165) is 11.1 Å². The van der Waals surface area contributed by atoms with Gasteiger partial charge in [0.2, 0.25) is 5.79 Å². The fourth-order valence-electron chi connectivity index (χ4n) is 11.3. The number of allylic oxidation sites excluding steroid dienone is 7. The van der Waals surface area contributed by atoms with Crippen molar-refractivity contribution in [1.82, 2.24) is 4.90 Å². The van der Waals surface area contributed by atoms with Crippen LogP contribution in [0.4, 0.5) is 0 Å². The molecule has 3 heterocycles. The Balaban J connectivity index is 1.53. The fraction of sp³-hybridized carbons (Fsp3) is 0.672. The second kappa shape index (κ2) is 27.3. The van der Waals surface area contributed by atoms with Gasteiger partial charge < -0.3 is 48.6 Å². The number of piperidine rings is 1. The third-order valence-corrected chi connectivity index (χ3v) is 16.1. The summed E-state index contributed by atoms with van der Waals surface area (Å²) in [6.07, 6.45) is 11.4. The van der Waals surface area contributed by atoms with E-state index >= 15 is 0 Å². The molecule has 1 aromatic rings. The first-order valence-corrected chi connectivity index (χ1v) is 26.5. The van der Waals surface area contributed by atoms with Crippen LogP contribution in [0.1, 0.15) is 137 Å². The Labute approximate surface area is 433 Å². The molecule has 73 heavy (non-hydrogen) atoms. The quantitative estimate of drug-likeness (QED) is 0.128. The summed E-state index contributed by atoms with van der Waals surface area (Å²) in [5.74, 6) is -7.37. The Hall–Kier alpha value is -4.51. The van der Waals surface area contributed by atoms with E-state index in [1.54, 1.807) is 54.2 Å². The average Bonchev–Trinajstić information content (AvgIpc) is 3.38. The minimum atomic E-state index is -2.49. The number of amides is 1. The van der Waals surface area contributed by atoms with E-state index in [1.165, 1.54) is 12.0 Å². The maximum absolute atomic E-state index is 14.6. The SMILES string of the molecule is COc1ccc([C@H]2C[C@@H]3CC[C@@H](C)[C@@](O)(O3)C(=O)C(=O)N3CCCC[C@H]3C(=O)O[C@H]([C@H](C)C[C@@H]3CC[C@@H](O)[C@H](OC)C3)CC(=O)[C@H](C)/C=C(\C)[C@@H](O)[C@@H](OC)C(=O)[C@H](C)C[C@H](C)\C=C/C=C/C=C/2C)c(OC)c1. The topological polar surface area (TPSA) is 205 Å². The molecule has 1 aromatic carbocycles. The fourth-order valence-corrected chi connectivity index (χ4v) is 11.3. The first-order chi connectivity index (χ1) is 34.7. The minimum Gasteiger partial charge on any atom is -0.497 e. The number of hydrogen-bond acceptors (Lipinski definition) is 14. The second-order valence-electron chi connectivity index (χ2n) is 21.5. The lowest BCUT2D eigenvalue weighted by Crippen LogP contribution is -2.60. The Morgan fingerprint density at radius 2 is 1.58 bits per heavy atom. The van der Waals surface area contributed by atoms with Crippen molar-refractivity contribution in [2.45, 2.75) is 180 Å². The Kier molecular flexibility index (Phi) is 22.2. The van der Waals surface area contributed by atoms with Crippen LogP contribution in [0.25, 0.3) is 0 Å². The number of cyclic esters (lactones) is 1. The summed E-state index contributed by atoms with van der Waals surface area (Å²) in [5, 5.41) is 34.4. The average molecular weight is 1020 g/mol. The molecule has 2 saturated heterocycles. The number of aliphatic hydroxyl groups excluding tert-OH is 2. The summed E-state index contributed by atoms with van der Waals surface area (Å²) in [6, 6.07) is 4.39. The molecule has 3 N–H and O–H groups in total. The molecule has 15 nitrogen and oxygen atoms in total.